The van der Waals surface area contributed by atoms with Gasteiger partial charge in [-0.2, -0.15) is 0 Å². The summed E-state index contributed by atoms with van der Waals surface area (Å²) in [6, 6.07) is 58.3. The highest BCUT2D eigenvalue weighted by Gasteiger charge is 2.38. The number of aromatic nitrogens is 1. The van der Waals surface area contributed by atoms with E-state index >= 15 is 0 Å². The minimum atomic E-state index is -0.204. The average Bonchev–Trinajstić information content (AvgIpc) is 3.81. The van der Waals surface area contributed by atoms with Crippen LogP contribution >= 0.6 is 0 Å². The highest BCUT2D eigenvalue weighted by molar-refractivity contribution is 6.19. The van der Waals surface area contributed by atoms with Gasteiger partial charge in [0, 0.05) is 61.2 Å². The van der Waals surface area contributed by atoms with Gasteiger partial charge in [0.2, 0.25) is 0 Å². The van der Waals surface area contributed by atoms with Crippen LogP contribution in [0.2, 0.25) is 0 Å². The molecular weight excluding hydrogens is 787 g/mol. The molecule has 65 heavy (non-hydrogen) atoms. The summed E-state index contributed by atoms with van der Waals surface area (Å²) in [6.07, 6.45) is 22.5. The second-order valence-corrected chi connectivity index (χ2v) is 19.9. The summed E-state index contributed by atoms with van der Waals surface area (Å²) in [4.78, 5) is 4.90. The van der Waals surface area contributed by atoms with Gasteiger partial charge in [0.25, 0.3) is 0 Å². The zero-order valence-corrected chi connectivity index (χ0v) is 37.8. The van der Waals surface area contributed by atoms with Crippen molar-refractivity contribution in [3.63, 3.8) is 0 Å². The van der Waals surface area contributed by atoms with Gasteiger partial charge in [0.05, 0.1) is 21.9 Å². The Bertz CT molecular complexity index is 3530. The lowest BCUT2D eigenvalue weighted by Gasteiger charge is -2.45. The normalized spacial score (nSPS) is 20.1. The minimum Gasteiger partial charge on any atom is -0.332 e. The number of allylic oxidation sites excluding steroid dienone is 5. The fourth-order valence-electron chi connectivity index (χ4n) is 11.0. The Morgan fingerprint density at radius 2 is 1.26 bits per heavy atom. The zero-order chi connectivity index (χ0) is 44.1. The summed E-state index contributed by atoms with van der Waals surface area (Å²) in [5.41, 5.74) is 11.9. The standard InChI is InChI=1S/C62H53N3/c1-60(2,3)46-27-24-42(25-28-46)45-36-54-53-35-43-26-29-51(63(48-18-10-6-11-19-48)49-20-12-7-13-21-49)34-44(43)38-57(53)64-58-40-47-39-52(30-33-61(47,4)41-56(58)55(37-45)59(54)64)65(50-22-14-8-15-23-50)62(5)31-16-9-17-32-62/h6-31,33-41,47H,32H2,1-5H3. The molecule has 7 aromatic carbocycles. The lowest BCUT2D eigenvalue weighted by molar-refractivity contribution is 0.489. The summed E-state index contributed by atoms with van der Waals surface area (Å²) < 4.78 is 2.59. The molecular formula is C62H53N3. The van der Waals surface area contributed by atoms with Crippen molar-refractivity contribution >= 4 is 72.9 Å². The monoisotopic (exact) mass is 839 g/mol. The predicted molar refractivity (Wildman–Crippen MR) is 277 cm³/mol. The van der Waals surface area contributed by atoms with E-state index in [0.717, 1.165) is 23.5 Å². The lowest BCUT2D eigenvalue weighted by Crippen LogP contribution is -2.46. The number of hydrogen-bond acceptors (Lipinski definition) is 2. The van der Waals surface area contributed by atoms with Gasteiger partial charge in [-0.25, -0.2) is 0 Å². The SMILES string of the molecule is CC(C)(C)c1ccc(-c2cc3c4c(n5c6cc7cc(N(c8ccccc8)c8ccccc8)ccc7cc6c(c2)c35)=CC2C=C(N(c3ccccc3)C3(C)C=CC=CC3)C=CC2(C)C=4)cc1. The molecule has 3 nitrogen and oxygen atoms in total. The van der Waals surface area contributed by atoms with E-state index < -0.39 is 0 Å². The number of fused-ring (bicyclic) bond motifs is 8. The quantitative estimate of drug-likeness (QED) is 0.158. The average molecular weight is 840 g/mol. The maximum Gasteiger partial charge on any atom is 0.0642 e. The van der Waals surface area contributed by atoms with Crippen LogP contribution in [-0.4, -0.2) is 9.94 Å². The van der Waals surface area contributed by atoms with Gasteiger partial charge >= 0.3 is 0 Å². The molecule has 0 saturated carbocycles. The second-order valence-electron chi connectivity index (χ2n) is 19.9. The Kier molecular flexibility index (Phi) is 8.81. The summed E-state index contributed by atoms with van der Waals surface area (Å²) in [5, 5.41) is 8.93. The molecule has 0 aliphatic heterocycles. The van der Waals surface area contributed by atoms with Crippen LogP contribution in [0.4, 0.5) is 22.7 Å². The molecule has 12 rings (SSSR count). The topological polar surface area (TPSA) is 10.9 Å². The first-order valence-electron chi connectivity index (χ1n) is 23.2. The Balaban J connectivity index is 1.10. The summed E-state index contributed by atoms with van der Waals surface area (Å²) in [6.45, 7) is 11.6. The molecule has 0 spiro atoms. The van der Waals surface area contributed by atoms with E-state index in [9.17, 15) is 0 Å². The fraction of sp³-hybridized carbons (Fsp3) is 0.161. The molecule has 0 saturated heterocycles. The summed E-state index contributed by atoms with van der Waals surface area (Å²) in [7, 11) is 0. The van der Waals surface area contributed by atoms with Crippen LogP contribution in [0.5, 0.6) is 0 Å². The largest absolute Gasteiger partial charge is 0.332 e. The van der Waals surface area contributed by atoms with Crippen molar-refractivity contribution in [2.24, 2.45) is 11.3 Å². The van der Waals surface area contributed by atoms with Crippen molar-refractivity contribution in [2.45, 2.75) is 52.0 Å². The van der Waals surface area contributed by atoms with Crippen molar-refractivity contribution < 1.29 is 0 Å². The van der Waals surface area contributed by atoms with E-state index in [1.54, 1.807) is 0 Å². The van der Waals surface area contributed by atoms with Crippen molar-refractivity contribution in [3.05, 3.63) is 222 Å². The fourth-order valence-corrected chi connectivity index (χ4v) is 11.0. The molecule has 3 unspecified atom stereocenters. The predicted octanol–water partition coefficient (Wildman–Crippen LogP) is 14.7. The third-order valence-electron chi connectivity index (χ3n) is 14.5. The molecule has 316 valence electrons. The Hall–Kier alpha value is -7.36. The summed E-state index contributed by atoms with van der Waals surface area (Å²) >= 11 is 0. The highest BCUT2D eigenvalue weighted by atomic mass is 15.2. The first kappa shape index (κ1) is 39.2. The maximum atomic E-state index is 2.59. The first-order chi connectivity index (χ1) is 31.5. The van der Waals surface area contributed by atoms with Crippen molar-refractivity contribution in [3.8, 4) is 11.1 Å². The van der Waals surface area contributed by atoms with E-state index in [-0.39, 0.29) is 22.3 Å². The van der Waals surface area contributed by atoms with Crippen molar-refractivity contribution in [1.29, 1.82) is 0 Å². The van der Waals surface area contributed by atoms with Crippen LogP contribution < -0.4 is 20.4 Å². The molecule has 0 N–H and O–H groups in total. The number of para-hydroxylation sites is 3. The van der Waals surface area contributed by atoms with Crippen LogP contribution in [0.1, 0.15) is 46.6 Å². The Morgan fingerprint density at radius 1 is 0.585 bits per heavy atom. The van der Waals surface area contributed by atoms with Gasteiger partial charge < -0.3 is 14.2 Å². The van der Waals surface area contributed by atoms with Crippen LogP contribution in [-0.2, 0) is 5.41 Å². The van der Waals surface area contributed by atoms with Gasteiger partial charge in [-0.1, -0.05) is 161 Å². The van der Waals surface area contributed by atoms with Crippen LogP contribution in [0.25, 0.3) is 61.2 Å². The molecule has 2 heterocycles. The van der Waals surface area contributed by atoms with Gasteiger partial charge in [-0.15, -0.1) is 0 Å². The van der Waals surface area contributed by atoms with E-state index in [1.165, 1.54) is 76.6 Å². The lowest BCUT2D eigenvalue weighted by atomic mass is 9.71. The smallest absolute Gasteiger partial charge is 0.0642 e. The van der Waals surface area contributed by atoms with Crippen molar-refractivity contribution in [2.75, 3.05) is 9.80 Å². The number of rotatable bonds is 7. The number of anilines is 4. The van der Waals surface area contributed by atoms with E-state index in [4.69, 9.17) is 0 Å². The molecule has 3 atom stereocenters. The molecule has 2 aromatic heterocycles. The van der Waals surface area contributed by atoms with E-state index in [1.807, 2.05) is 0 Å². The molecule has 3 aliphatic rings. The molecule has 0 amide bonds. The Morgan fingerprint density at radius 3 is 1.92 bits per heavy atom. The molecule has 3 heteroatoms. The zero-order valence-electron chi connectivity index (χ0n) is 37.8. The minimum absolute atomic E-state index is 0.0878. The van der Waals surface area contributed by atoms with E-state index in [0.29, 0.717) is 0 Å². The number of benzene rings is 7. The molecule has 3 aliphatic carbocycles. The number of hydrogen-bond donors (Lipinski definition) is 0. The Labute approximate surface area is 381 Å². The third kappa shape index (κ3) is 6.39. The van der Waals surface area contributed by atoms with Gasteiger partial charge in [0.15, 0.2) is 0 Å². The van der Waals surface area contributed by atoms with Crippen LogP contribution in [0.3, 0.4) is 0 Å². The first-order valence-corrected chi connectivity index (χ1v) is 23.2. The van der Waals surface area contributed by atoms with Gasteiger partial charge in [-0.3, -0.25) is 0 Å². The molecule has 0 radical (unpaired) electrons. The molecule has 0 bridgehead atoms. The molecule has 9 aromatic rings. The number of nitrogens with zero attached hydrogens (tertiary/aromatic N) is 3. The third-order valence-corrected chi connectivity index (χ3v) is 14.5. The van der Waals surface area contributed by atoms with Crippen LogP contribution in [0, 0.1) is 11.3 Å². The second kappa shape index (κ2) is 14.6. The van der Waals surface area contributed by atoms with E-state index in [2.05, 4.69) is 261 Å². The van der Waals surface area contributed by atoms with Gasteiger partial charge in [-0.05, 0) is 125 Å². The molecule has 0 fully saturated rings. The van der Waals surface area contributed by atoms with Gasteiger partial charge in [0.1, 0.15) is 0 Å². The van der Waals surface area contributed by atoms with Crippen molar-refractivity contribution in [1.82, 2.24) is 4.40 Å². The highest BCUT2D eigenvalue weighted by Crippen LogP contribution is 2.45. The maximum absolute atomic E-state index is 2.59. The van der Waals surface area contributed by atoms with Crippen LogP contribution in [0.15, 0.2) is 206 Å². The summed E-state index contributed by atoms with van der Waals surface area (Å²) in [5.74, 6) is 0.141.